The quantitative estimate of drug-likeness (QED) is 0.0379. The number of ether oxygens (including phenoxy) is 1. The number of carboxylic acids is 1. The van der Waals surface area contributed by atoms with Crippen molar-refractivity contribution in [2.24, 2.45) is 5.73 Å². The van der Waals surface area contributed by atoms with Gasteiger partial charge in [0.1, 0.15) is 12.1 Å². The molecule has 2 atom stereocenters. The van der Waals surface area contributed by atoms with E-state index in [0.29, 0.717) is 51.5 Å². The maximum absolute atomic E-state index is 12.6. The van der Waals surface area contributed by atoms with Gasteiger partial charge in [0.15, 0.2) is 0 Å². The third-order valence-electron chi connectivity index (χ3n) is 7.33. The second kappa shape index (κ2) is 36.3. The molecule has 0 saturated heterocycles. The monoisotopic (exact) mass is 690 g/mol. The van der Waals surface area contributed by atoms with E-state index in [9.17, 15) is 19.5 Å². The molecule has 0 aromatic heterocycles. The Balaban J connectivity index is 4.77. The lowest BCUT2D eigenvalue weighted by atomic mass is 10.1. The number of nitrogens with one attached hydrogen (secondary N) is 1. The zero-order valence-electron chi connectivity index (χ0n) is 30.9. The summed E-state index contributed by atoms with van der Waals surface area (Å²) in [6, 6.07) is -0.925. The van der Waals surface area contributed by atoms with E-state index in [0.717, 1.165) is 57.8 Å². The van der Waals surface area contributed by atoms with Crippen LogP contribution in [-0.2, 0) is 19.1 Å². The third kappa shape index (κ3) is 32.6. The number of allylic oxidation sites excluding steroid dienone is 17. The first-order valence-electron chi connectivity index (χ1n) is 18.7. The van der Waals surface area contributed by atoms with Gasteiger partial charge < -0.3 is 20.9 Å². The molecule has 0 aliphatic carbocycles. The van der Waals surface area contributed by atoms with Crippen LogP contribution >= 0.6 is 0 Å². The average Bonchev–Trinajstić information content (AvgIpc) is 3.10. The fourth-order valence-electron chi connectivity index (χ4n) is 4.58. The highest BCUT2D eigenvalue weighted by atomic mass is 16.5. The Morgan fingerprint density at radius 3 is 1.52 bits per heavy atom. The fourth-order valence-corrected chi connectivity index (χ4v) is 4.58. The average molecular weight is 691 g/mol. The zero-order chi connectivity index (χ0) is 36.8. The van der Waals surface area contributed by atoms with Crippen LogP contribution in [0.5, 0.6) is 0 Å². The minimum Gasteiger partial charge on any atom is -0.480 e. The van der Waals surface area contributed by atoms with Crippen LogP contribution in [0.25, 0.3) is 0 Å². The predicted octanol–water partition coefficient (Wildman–Crippen LogP) is 10.1. The Labute approximate surface area is 303 Å². The minimum absolute atomic E-state index is 0.213. The van der Waals surface area contributed by atoms with E-state index in [-0.39, 0.29) is 24.4 Å². The van der Waals surface area contributed by atoms with Gasteiger partial charge >= 0.3 is 11.9 Å². The second-order valence-corrected chi connectivity index (χ2v) is 11.9. The summed E-state index contributed by atoms with van der Waals surface area (Å²) < 4.78 is 5.80. The summed E-state index contributed by atoms with van der Waals surface area (Å²) in [6.07, 6.45) is 50.0. The molecule has 0 aliphatic rings. The van der Waals surface area contributed by atoms with Crippen LogP contribution < -0.4 is 11.1 Å². The molecule has 0 bridgehead atoms. The van der Waals surface area contributed by atoms with Gasteiger partial charge in [-0.2, -0.15) is 0 Å². The first kappa shape index (κ1) is 46.0. The van der Waals surface area contributed by atoms with Crippen LogP contribution in [0.1, 0.15) is 123 Å². The Bertz CT molecular complexity index is 1140. The van der Waals surface area contributed by atoms with Gasteiger partial charge in [0.05, 0.1) is 0 Å². The minimum atomic E-state index is -1.05. The van der Waals surface area contributed by atoms with Gasteiger partial charge in [-0.15, -0.1) is 0 Å². The first-order valence-corrected chi connectivity index (χ1v) is 18.7. The summed E-state index contributed by atoms with van der Waals surface area (Å²) in [5.74, 6) is -1.60. The number of esters is 1. The molecule has 0 radical (unpaired) electrons. The molecular formula is C43H66N2O5. The lowest BCUT2D eigenvalue weighted by molar-refractivity contribution is -0.147. The summed E-state index contributed by atoms with van der Waals surface area (Å²) in [7, 11) is 0. The molecule has 7 nitrogen and oxygen atoms in total. The molecule has 0 rings (SSSR count). The predicted molar refractivity (Wildman–Crippen MR) is 211 cm³/mol. The number of nitrogens with two attached hydrogens (primary N) is 1. The van der Waals surface area contributed by atoms with Crippen molar-refractivity contribution in [3.63, 3.8) is 0 Å². The van der Waals surface area contributed by atoms with Gasteiger partial charge in [-0.3, -0.25) is 9.59 Å². The van der Waals surface area contributed by atoms with Crippen LogP contribution in [0.15, 0.2) is 109 Å². The van der Waals surface area contributed by atoms with Crippen molar-refractivity contribution < 1.29 is 24.2 Å². The maximum atomic E-state index is 12.6. The second-order valence-electron chi connectivity index (χ2n) is 11.9. The maximum Gasteiger partial charge on any atom is 0.326 e. The summed E-state index contributed by atoms with van der Waals surface area (Å²) >= 11 is 0. The van der Waals surface area contributed by atoms with Crippen molar-refractivity contribution in [2.75, 3.05) is 6.54 Å². The van der Waals surface area contributed by atoms with E-state index >= 15 is 0 Å². The smallest absolute Gasteiger partial charge is 0.326 e. The number of hydrogen-bond acceptors (Lipinski definition) is 5. The molecule has 0 aromatic carbocycles. The molecular weight excluding hydrogens is 624 g/mol. The Hall–Kier alpha value is -3.97. The molecule has 0 aliphatic heterocycles. The number of unbranched alkanes of at least 4 members (excludes halogenated alkanes) is 1. The fraction of sp³-hybridized carbons (Fsp3) is 0.512. The zero-order valence-corrected chi connectivity index (χ0v) is 30.9. The van der Waals surface area contributed by atoms with Gasteiger partial charge in [0.2, 0.25) is 5.91 Å². The summed E-state index contributed by atoms with van der Waals surface area (Å²) in [5.41, 5.74) is 5.48. The molecule has 0 fully saturated rings. The number of carbonyl (C=O) groups excluding carboxylic acids is 2. The third-order valence-corrected chi connectivity index (χ3v) is 7.33. The van der Waals surface area contributed by atoms with Crippen molar-refractivity contribution in [3.05, 3.63) is 109 Å². The van der Waals surface area contributed by atoms with Crippen LogP contribution in [0, 0.1) is 0 Å². The normalized spacial score (nSPS) is 14.0. The van der Waals surface area contributed by atoms with Gasteiger partial charge in [0, 0.05) is 12.8 Å². The van der Waals surface area contributed by atoms with Crippen molar-refractivity contribution in [3.8, 4) is 0 Å². The van der Waals surface area contributed by atoms with Crippen molar-refractivity contribution >= 4 is 17.8 Å². The first-order chi connectivity index (χ1) is 24.4. The number of carboxylic acid groups (broad SMARTS) is 1. The number of aliphatic carboxylic acids is 1. The Kier molecular flexibility index (Phi) is 33.4. The lowest BCUT2D eigenvalue weighted by Gasteiger charge is -2.15. The highest BCUT2D eigenvalue weighted by Crippen LogP contribution is 2.12. The summed E-state index contributed by atoms with van der Waals surface area (Å²) in [4.78, 5) is 36.4. The molecule has 2 unspecified atom stereocenters. The summed E-state index contributed by atoms with van der Waals surface area (Å²) in [6.45, 7) is 4.64. The molecule has 0 heterocycles. The van der Waals surface area contributed by atoms with Gasteiger partial charge in [-0.25, -0.2) is 4.79 Å². The van der Waals surface area contributed by atoms with E-state index in [1.807, 2.05) is 18.2 Å². The SMILES string of the molecule is CC/C=C\C/C=C\C/C=C\C/C=C\C/C=C\C(CCCCC(=O)NC(CCCN)C(=O)O)OC(=O)CC/C=C\C/C=C\C/C=C\C/C=C\CC. The molecule has 1 amide bonds. The van der Waals surface area contributed by atoms with Gasteiger partial charge in [-0.05, 0) is 109 Å². The lowest BCUT2D eigenvalue weighted by Crippen LogP contribution is -2.40. The number of hydrogen-bond donors (Lipinski definition) is 3. The van der Waals surface area contributed by atoms with Gasteiger partial charge in [-0.1, -0.05) is 117 Å². The van der Waals surface area contributed by atoms with Crippen LogP contribution in [0.4, 0.5) is 0 Å². The highest BCUT2D eigenvalue weighted by molar-refractivity contribution is 5.83. The highest BCUT2D eigenvalue weighted by Gasteiger charge is 2.19. The molecule has 4 N–H and O–H groups in total. The van der Waals surface area contributed by atoms with Crippen molar-refractivity contribution in [1.82, 2.24) is 5.32 Å². The molecule has 0 saturated carbocycles. The van der Waals surface area contributed by atoms with E-state index in [1.54, 1.807) is 0 Å². The Morgan fingerprint density at radius 2 is 1.06 bits per heavy atom. The largest absolute Gasteiger partial charge is 0.480 e. The molecule has 50 heavy (non-hydrogen) atoms. The molecule has 7 heteroatoms. The van der Waals surface area contributed by atoms with E-state index in [2.05, 4.69) is 110 Å². The van der Waals surface area contributed by atoms with Crippen molar-refractivity contribution in [2.45, 2.75) is 135 Å². The molecule has 278 valence electrons. The van der Waals surface area contributed by atoms with Gasteiger partial charge in [0.25, 0.3) is 0 Å². The van der Waals surface area contributed by atoms with E-state index in [1.165, 1.54) is 0 Å². The topological polar surface area (TPSA) is 119 Å². The van der Waals surface area contributed by atoms with Crippen LogP contribution in [-0.4, -0.2) is 41.6 Å². The molecule has 0 aromatic rings. The van der Waals surface area contributed by atoms with Crippen LogP contribution in [0.2, 0.25) is 0 Å². The van der Waals surface area contributed by atoms with E-state index < -0.39 is 12.0 Å². The molecule has 0 spiro atoms. The number of rotatable bonds is 31. The number of carbonyl (C=O) groups is 3. The number of amides is 1. The van der Waals surface area contributed by atoms with E-state index in [4.69, 9.17) is 10.5 Å². The standard InChI is InChI=1S/C43H66N2O5/c1-3-5-7-9-11-13-15-17-19-20-22-24-26-28-33-39(34-30-31-36-41(46)45-40(43(48)49)35-32-38-44)50-42(47)37-29-27-25-23-21-18-16-14-12-10-8-6-4-2/h5-8,11-14,17-19,21-22,24-25,27-28,33,39-40H,3-4,9-10,15-16,20,23,26,29-32,34-38,44H2,1-2H3,(H,45,46)(H,48,49)/b7-5-,8-6-,13-11-,14-12-,19-17-,21-18-,24-22-,27-25-,33-28-. The van der Waals surface area contributed by atoms with Crippen molar-refractivity contribution in [1.29, 1.82) is 0 Å². The Morgan fingerprint density at radius 1 is 0.600 bits per heavy atom. The summed E-state index contributed by atoms with van der Waals surface area (Å²) in [5, 5.41) is 11.9. The van der Waals surface area contributed by atoms with Crippen LogP contribution in [0.3, 0.4) is 0 Å².